The monoisotopic (exact) mass is 345 g/mol. The van der Waals surface area contributed by atoms with E-state index in [0.717, 1.165) is 25.7 Å². The van der Waals surface area contributed by atoms with Gasteiger partial charge in [-0.25, -0.2) is 0 Å². The average Bonchev–Trinajstić information content (AvgIpc) is 3.13. The molecule has 25 heavy (non-hydrogen) atoms. The molecule has 3 amide bonds. The van der Waals surface area contributed by atoms with Crippen molar-refractivity contribution in [2.45, 2.75) is 57.5 Å². The number of amides is 3. The van der Waals surface area contributed by atoms with Gasteiger partial charge in [0.2, 0.25) is 11.8 Å². The topological polar surface area (TPSA) is 87.3 Å². The Bertz CT molecular complexity index is 612. The maximum Gasteiger partial charge on any atom is 0.251 e. The van der Waals surface area contributed by atoms with E-state index in [-0.39, 0.29) is 30.3 Å². The van der Waals surface area contributed by atoms with Gasteiger partial charge in [-0.05, 0) is 38.3 Å². The molecule has 2 rings (SSSR count). The second-order valence-electron chi connectivity index (χ2n) is 6.74. The molecule has 0 aliphatic heterocycles. The molecule has 0 radical (unpaired) electrons. The molecule has 136 valence electrons. The van der Waals surface area contributed by atoms with Crippen molar-refractivity contribution in [2.24, 2.45) is 0 Å². The molecule has 0 bridgehead atoms. The average molecular weight is 345 g/mol. The summed E-state index contributed by atoms with van der Waals surface area (Å²) < 4.78 is 0. The van der Waals surface area contributed by atoms with Gasteiger partial charge in [0.25, 0.3) is 5.91 Å². The largest absolute Gasteiger partial charge is 0.351 e. The number of carbonyl (C=O) groups is 3. The summed E-state index contributed by atoms with van der Waals surface area (Å²) in [5.41, 5.74) is -0.482. The Balaban J connectivity index is 1.85. The summed E-state index contributed by atoms with van der Waals surface area (Å²) in [6.07, 6.45) is 4.72. The number of benzene rings is 1. The van der Waals surface area contributed by atoms with E-state index in [0.29, 0.717) is 12.0 Å². The lowest BCUT2D eigenvalue weighted by Gasteiger charge is -2.30. The summed E-state index contributed by atoms with van der Waals surface area (Å²) in [7, 11) is 0. The Labute approximate surface area is 148 Å². The fourth-order valence-corrected chi connectivity index (χ4v) is 2.92. The van der Waals surface area contributed by atoms with Crippen molar-refractivity contribution in [3.05, 3.63) is 35.9 Å². The summed E-state index contributed by atoms with van der Waals surface area (Å²) >= 11 is 0. The van der Waals surface area contributed by atoms with Crippen molar-refractivity contribution in [3.63, 3.8) is 0 Å². The van der Waals surface area contributed by atoms with Crippen molar-refractivity contribution in [3.8, 4) is 0 Å². The molecular formula is C19H27N3O3. The van der Waals surface area contributed by atoms with Crippen LogP contribution in [0.2, 0.25) is 0 Å². The fourth-order valence-electron chi connectivity index (χ4n) is 2.92. The number of hydrogen-bond acceptors (Lipinski definition) is 3. The van der Waals surface area contributed by atoms with Crippen LogP contribution < -0.4 is 16.0 Å². The highest BCUT2D eigenvalue weighted by molar-refractivity contribution is 5.97. The van der Waals surface area contributed by atoms with Gasteiger partial charge in [-0.3, -0.25) is 14.4 Å². The second kappa shape index (κ2) is 8.65. The molecule has 3 N–H and O–H groups in total. The zero-order chi connectivity index (χ0) is 18.3. The minimum Gasteiger partial charge on any atom is -0.351 e. The molecule has 1 aliphatic rings. The Morgan fingerprint density at radius 3 is 2.36 bits per heavy atom. The molecule has 0 heterocycles. The van der Waals surface area contributed by atoms with Gasteiger partial charge < -0.3 is 16.0 Å². The van der Waals surface area contributed by atoms with Crippen LogP contribution in [0.4, 0.5) is 0 Å². The highest BCUT2D eigenvalue weighted by Gasteiger charge is 2.34. The third kappa shape index (κ3) is 5.31. The highest BCUT2D eigenvalue weighted by atomic mass is 16.2. The molecular weight excluding hydrogens is 318 g/mol. The summed E-state index contributed by atoms with van der Waals surface area (Å²) in [5, 5.41) is 8.36. The van der Waals surface area contributed by atoms with E-state index in [1.807, 2.05) is 13.0 Å². The molecule has 1 aliphatic carbocycles. The van der Waals surface area contributed by atoms with Gasteiger partial charge in [-0.15, -0.1) is 0 Å². The van der Waals surface area contributed by atoms with Crippen molar-refractivity contribution in [1.82, 2.24) is 16.0 Å². The molecule has 1 aromatic carbocycles. The number of nitrogens with one attached hydrogen (secondary N) is 3. The number of carbonyl (C=O) groups excluding carboxylic acids is 3. The molecule has 6 nitrogen and oxygen atoms in total. The SMILES string of the molecule is CC[C@](C)(NC(=O)CNC(=O)c1ccccc1)C(=O)NC1CCCC1. The molecule has 0 saturated heterocycles. The third-order valence-electron chi connectivity index (χ3n) is 4.76. The van der Waals surface area contributed by atoms with Crippen molar-refractivity contribution >= 4 is 17.7 Å². The van der Waals surface area contributed by atoms with Crippen molar-refractivity contribution in [1.29, 1.82) is 0 Å². The van der Waals surface area contributed by atoms with Crippen LogP contribution in [0, 0.1) is 0 Å². The fraction of sp³-hybridized carbons (Fsp3) is 0.526. The maximum absolute atomic E-state index is 12.5. The van der Waals surface area contributed by atoms with Crippen LogP contribution >= 0.6 is 0 Å². The smallest absolute Gasteiger partial charge is 0.251 e. The lowest BCUT2D eigenvalue weighted by Crippen LogP contribution is -2.59. The zero-order valence-corrected chi connectivity index (χ0v) is 14.9. The van der Waals surface area contributed by atoms with Crippen LogP contribution in [0.15, 0.2) is 30.3 Å². The molecule has 1 saturated carbocycles. The predicted molar refractivity (Wildman–Crippen MR) is 96.0 cm³/mol. The minimum absolute atomic E-state index is 0.162. The molecule has 0 unspecified atom stereocenters. The van der Waals surface area contributed by atoms with E-state index < -0.39 is 5.54 Å². The summed E-state index contributed by atoms with van der Waals surface area (Å²) in [6, 6.07) is 8.90. The van der Waals surface area contributed by atoms with Crippen LogP contribution in [0.5, 0.6) is 0 Å². The zero-order valence-electron chi connectivity index (χ0n) is 14.9. The summed E-state index contributed by atoms with van der Waals surface area (Å²) in [6.45, 7) is 3.41. The van der Waals surface area contributed by atoms with E-state index in [2.05, 4.69) is 16.0 Å². The molecule has 6 heteroatoms. The Morgan fingerprint density at radius 2 is 1.76 bits per heavy atom. The minimum atomic E-state index is -0.975. The van der Waals surface area contributed by atoms with Crippen LogP contribution in [0.1, 0.15) is 56.3 Å². The van der Waals surface area contributed by atoms with Gasteiger partial charge in [0, 0.05) is 11.6 Å². The molecule has 1 atom stereocenters. The maximum atomic E-state index is 12.5. The van der Waals surface area contributed by atoms with Gasteiger partial charge in [-0.1, -0.05) is 38.0 Å². The summed E-state index contributed by atoms with van der Waals surface area (Å²) in [5.74, 6) is -0.857. The normalized spacial score (nSPS) is 16.7. The highest BCUT2D eigenvalue weighted by Crippen LogP contribution is 2.19. The van der Waals surface area contributed by atoms with Gasteiger partial charge in [0.05, 0.1) is 6.54 Å². The molecule has 1 aromatic rings. The predicted octanol–water partition coefficient (Wildman–Crippen LogP) is 1.76. The van der Waals surface area contributed by atoms with E-state index in [9.17, 15) is 14.4 Å². The van der Waals surface area contributed by atoms with Crippen LogP contribution in [-0.4, -0.2) is 35.8 Å². The first-order valence-electron chi connectivity index (χ1n) is 8.90. The van der Waals surface area contributed by atoms with E-state index in [1.165, 1.54) is 0 Å². The Morgan fingerprint density at radius 1 is 1.12 bits per heavy atom. The first kappa shape index (κ1) is 19.0. The Kier molecular flexibility index (Phi) is 6.56. The summed E-state index contributed by atoms with van der Waals surface area (Å²) in [4.78, 5) is 36.7. The van der Waals surface area contributed by atoms with Gasteiger partial charge in [-0.2, -0.15) is 0 Å². The van der Waals surface area contributed by atoms with Crippen LogP contribution in [0.3, 0.4) is 0 Å². The van der Waals surface area contributed by atoms with Gasteiger partial charge >= 0.3 is 0 Å². The lowest BCUT2D eigenvalue weighted by molar-refractivity contribution is -0.133. The lowest BCUT2D eigenvalue weighted by atomic mass is 9.96. The van der Waals surface area contributed by atoms with Crippen LogP contribution in [-0.2, 0) is 9.59 Å². The van der Waals surface area contributed by atoms with Crippen LogP contribution in [0.25, 0.3) is 0 Å². The standard InChI is InChI=1S/C19H27N3O3/c1-3-19(2,18(25)21-15-11-7-8-12-15)22-16(23)13-20-17(24)14-9-5-4-6-10-14/h4-6,9-10,15H,3,7-8,11-13H2,1-2H3,(H,20,24)(H,21,25)(H,22,23)/t19-/m0/s1. The van der Waals surface area contributed by atoms with E-state index in [4.69, 9.17) is 0 Å². The Hall–Kier alpha value is -2.37. The van der Waals surface area contributed by atoms with E-state index >= 15 is 0 Å². The number of rotatable bonds is 7. The molecule has 0 aromatic heterocycles. The van der Waals surface area contributed by atoms with E-state index in [1.54, 1.807) is 31.2 Å². The van der Waals surface area contributed by atoms with Crippen molar-refractivity contribution in [2.75, 3.05) is 6.54 Å². The first-order chi connectivity index (χ1) is 11.9. The third-order valence-corrected chi connectivity index (χ3v) is 4.76. The molecule has 0 spiro atoms. The van der Waals surface area contributed by atoms with Crippen molar-refractivity contribution < 1.29 is 14.4 Å². The second-order valence-corrected chi connectivity index (χ2v) is 6.74. The first-order valence-corrected chi connectivity index (χ1v) is 8.90. The van der Waals surface area contributed by atoms with Gasteiger partial charge in [0.15, 0.2) is 0 Å². The quantitative estimate of drug-likeness (QED) is 0.704. The van der Waals surface area contributed by atoms with Gasteiger partial charge in [0.1, 0.15) is 5.54 Å². The molecule has 1 fully saturated rings. The number of hydrogen-bond donors (Lipinski definition) is 3.